The first-order valence-corrected chi connectivity index (χ1v) is 5.69. The molecule has 6 nitrogen and oxygen atoms in total. The molecule has 1 aromatic heterocycles. The van der Waals surface area contributed by atoms with Gasteiger partial charge in [0, 0.05) is 20.2 Å². The number of aromatic nitrogens is 2. The summed E-state index contributed by atoms with van der Waals surface area (Å²) in [5.41, 5.74) is -1.65. The summed E-state index contributed by atoms with van der Waals surface area (Å²) < 4.78 is 43.2. The van der Waals surface area contributed by atoms with Crippen molar-refractivity contribution >= 4 is 11.9 Å². The maximum Gasteiger partial charge on any atom is 0.435 e. The summed E-state index contributed by atoms with van der Waals surface area (Å²) in [5, 5.41) is 3.25. The average molecular weight is 293 g/mol. The number of hydrogen-bond donors (Lipinski definition) is 0. The van der Waals surface area contributed by atoms with Gasteiger partial charge in [-0.3, -0.25) is 4.79 Å². The molecule has 0 atom stereocenters. The van der Waals surface area contributed by atoms with Gasteiger partial charge in [-0.15, -0.1) is 0 Å². The number of carbonyl (C=O) groups is 2. The number of nitrogens with zero attached hydrogens (tertiary/aromatic N) is 3. The van der Waals surface area contributed by atoms with E-state index in [0.29, 0.717) is 10.7 Å². The third-order valence-electron chi connectivity index (χ3n) is 2.34. The third-order valence-corrected chi connectivity index (χ3v) is 2.34. The number of likely N-dealkylation sites (N-methyl/N-ethyl adjacent to an activating group) is 1. The summed E-state index contributed by atoms with van der Waals surface area (Å²) in [6.45, 7) is 1.05. The average Bonchev–Trinajstić information content (AvgIpc) is 2.72. The second-order valence-electron chi connectivity index (χ2n) is 4.08. The molecule has 9 heteroatoms. The Morgan fingerprint density at radius 1 is 1.40 bits per heavy atom. The zero-order valence-electron chi connectivity index (χ0n) is 11.2. The first kappa shape index (κ1) is 16.0. The van der Waals surface area contributed by atoms with Crippen LogP contribution in [-0.2, 0) is 22.3 Å². The van der Waals surface area contributed by atoms with Crippen molar-refractivity contribution in [1.82, 2.24) is 14.7 Å². The molecule has 112 valence electrons. The van der Waals surface area contributed by atoms with Crippen molar-refractivity contribution < 1.29 is 27.5 Å². The molecule has 0 aliphatic heterocycles. The van der Waals surface area contributed by atoms with E-state index in [1.165, 1.54) is 25.9 Å². The van der Waals surface area contributed by atoms with E-state index in [-0.39, 0.29) is 6.61 Å². The van der Waals surface area contributed by atoms with E-state index in [2.05, 4.69) is 9.84 Å². The molecule has 0 N–H and O–H groups in total. The van der Waals surface area contributed by atoms with Crippen molar-refractivity contribution in [2.45, 2.75) is 19.6 Å². The lowest BCUT2D eigenvalue weighted by Crippen LogP contribution is -2.28. The third kappa shape index (κ3) is 3.72. The SMILES string of the molecule is CCOC(=O)c1cc(C(F)(F)F)nn1CC(=O)N(C)C. The van der Waals surface area contributed by atoms with Crippen LogP contribution in [-0.4, -0.2) is 47.3 Å². The van der Waals surface area contributed by atoms with E-state index >= 15 is 0 Å². The monoisotopic (exact) mass is 293 g/mol. The van der Waals surface area contributed by atoms with Gasteiger partial charge in [-0.05, 0) is 6.92 Å². The van der Waals surface area contributed by atoms with Crippen LogP contribution in [0.4, 0.5) is 13.2 Å². The second kappa shape index (κ2) is 5.93. The lowest BCUT2D eigenvalue weighted by molar-refractivity contribution is -0.142. The first-order chi connectivity index (χ1) is 9.16. The zero-order valence-corrected chi connectivity index (χ0v) is 11.2. The molecule has 0 saturated carbocycles. The van der Waals surface area contributed by atoms with Gasteiger partial charge in [0.15, 0.2) is 5.69 Å². The highest BCUT2D eigenvalue weighted by Crippen LogP contribution is 2.28. The molecule has 1 aromatic rings. The van der Waals surface area contributed by atoms with E-state index in [4.69, 9.17) is 0 Å². The summed E-state index contributed by atoms with van der Waals surface area (Å²) in [6, 6.07) is 0.570. The van der Waals surface area contributed by atoms with E-state index in [1.54, 1.807) is 0 Å². The van der Waals surface area contributed by atoms with Gasteiger partial charge >= 0.3 is 12.1 Å². The van der Waals surface area contributed by atoms with Crippen LogP contribution < -0.4 is 0 Å². The highest BCUT2D eigenvalue weighted by molar-refractivity contribution is 5.88. The van der Waals surface area contributed by atoms with E-state index in [9.17, 15) is 22.8 Å². The number of esters is 1. The minimum atomic E-state index is -4.70. The molecule has 0 aliphatic carbocycles. The normalized spacial score (nSPS) is 11.3. The molecule has 1 heterocycles. The molecule has 0 spiro atoms. The number of carbonyl (C=O) groups excluding carboxylic acids is 2. The topological polar surface area (TPSA) is 64.4 Å². The predicted octanol–water partition coefficient (Wildman–Crippen LogP) is 1.17. The van der Waals surface area contributed by atoms with Gasteiger partial charge in [0.2, 0.25) is 5.91 Å². The van der Waals surface area contributed by atoms with Crippen molar-refractivity contribution in [3.8, 4) is 0 Å². The number of ether oxygens (including phenoxy) is 1. The number of amides is 1. The maximum absolute atomic E-state index is 12.6. The van der Waals surface area contributed by atoms with Gasteiger partial charge in [-0.1, -0.05) is 0 Å². The van der Waals surface area contributed by atoms with Crippen LogP contribution in [0.3, 0.4) is 0 Å². The minimum absolute atomic E-state index is 0.00694. The van der Waals surface area contributed by atoms with Gasteiger partial charge in [0.05, 0.1) is 6.61 Å². The molecule has 1 amide bonds. The molecule has 20 heavy (non-hydrogen) atoms. The smallest absolute Gasteiger partial charge is 0.435 e. The van der Waals surface area contributed by atoms with E-state index < -0.39 is 36.0 Å². The Bertz CT molecular complexity index is 509. The lowest BCUT2D eigenvalue weighted by atomic mass is 10.3. The van der Waals surface area contributed by atoms with Crippen LogP contribution in [0, 0.1) is 0 Å². The van der Waals surface area contributed by atoms with Crippen LogP contribution >= 0.6 is 0 Å². The molecule has 0 radical (unpaired) electrons. The number of rotatable bonds is 4. The standard InChI is InChI=1S/C11H14F3N3O3/c1-4-20-10(19)7-5-8(11(12,13)14)15-17(7)6-9(18)16(2)3/h5H,4,6H2,1-3H3. The maximum atomic E-state index is 12.6. The fourth-order valence-corrected chi connectivity index (χ4v) is 1.31. The van der Waals surface area contributed by atoms with Crippen LogP contribution in [0.5, 0.6) is 0 Å². The molecular formula is C11H14F3N3O3. The van der Waals surface area contributed by atoms with Gasteiger partial charge in [0.25, 0.3) is 0 Å². The highest BCUT2D eigenvalue weighted by atomic mass is 19.4. The Morgan fingerprint density at radius 3 is 2.45 bits per heavy atom. The van der Waals surface area contributed by atoms with Gasteiger partial charge < -0.3 is 9.64 Å². The van der Waals surface area contributed by atoms with Crippen molar-refractivity contribution in [1.29, 1.82) is 0 Å². The Morgan fingerprint density at radius 2 is 2.00 bits per heavy atom. The summed E-state index contributed by atoms with van der Waals surface area (Å²) in [5.74, 6) is -1.45. The number of halogens is 3. The quantitative estimate of drug-likeness (QED) is 0.782. The zero-order chi connectivity index (χ0) is 15.5. The summed E-state index contributed by atoms with van der Waals surface area (Å²) in [6.07, 6.45) is -4.70. The summed E-state index contributed by atoms with van der Waals surface area (Å²) in [7, 11) is 2.89. The Kier molecular flexibility index (Phi) is 4.74. The second-order valence-corrected chi connectivity index (χ2v) is 4.08. The number of hydrogen-bond acceptors (Lipinski definition) is 4. The van der Waals surface area contributed by atoms with Gasteiger partial charge in [0.1, 0.15) is 12.2 Å². The van der Waals surface area contributed by atoms with Crippen LogP contribution in [0.2, 0.25) is 0 Å². The minimum Gasteiger partial charge on any atom is -0.461 e. The molecule has 0 unspecified atom stereocenters. The Labute approximate surface area is 113 Å². The van der Waals surface area contributed by atoms with E-state index in [0.717, 1.165) is 0 Å². The highest BCUT2D eigenvalue weighted by Gasteiger charge is 2.36. The van der Waals surface area contributed by atoms with Gasteiger partial charge in [-0.25, -0.2) is 9.48 Å². The van der Waals surface area contributed by atoms with Crippen molar-refractivity contribution in [2.75, 3.05) is 20.7 Å². The fourth-order valence-electron chi connectivity index (χ4n) is 1.31. The van der Waals surface area contributed by atoms with E-state index in [1.807, 2.05) is 0 Å². The molecule has 0 saturated heterocycles. The molecule has 0 bridgehead atoms. The molecule has 0 fully saturated rings. The van der Waals surface area contributed by atoms with Crippen LogP contribution in [0.25, 0.3) is 0 Å². The fraction of sp³-hybridized carbons (Fsp3) is 0.545. The lowest BCUT2D eigenvalue weighted by Gasteiger charge is -2.11. The summed E-state index contributed by atoms with van der Waals surface area (Å²) in [4.78, 5) is 24.3. The molecule has 1 rings (SSSR count). The van der Waals surface area contributed by atoms with Crippen molar-refractivity contribution in [3.63, 3.8) is 0 Å². The predicted molar refractivity (Wildman–Crippen MR) is 61.9 cm³/mol. The molecule has 0 aromatic carbocycles. The van der Waals surface area contributed by atoms with Gasteiger partial charge in [-0.2, -0.15) is 18.3 Å². The van der Waals surface area contributed by atoms with Crippen LogP contribution in [0.15, 0.2) is 6.07 Å². The Hall–Kier alpha value is -2.06. The summed E-state index contributed by atoms with van der Waals surface area (Å²) >= 11 is 0. The van der Waals surface area contributed by atoms with Crippen LogP contribution in [0.1, 0.15) is 23.1 Å². The molecule has 0 aliphatic rings. The Balaban J connectivity index is 3.15. The first-order valence-electron chi connectivity index (χ1n) is 5.69. The van der Waals surface area contributed by atoms with Crippen molar-refractivity contribution in [2.24, 2.45) is 0 Å². The molecular weight excluding hydrogens is 279 g/mol. The largest absolute Gasteiger partial charge is 0.461 e. The number of alkyl halides is 3. The van der Waals surface area contributed by atoms with Crippen molar-refractivity contribution in [3.05, 3.63) is 17.5 Å².